The minimum Gasteiger partial charge on any atom is -0.478 e. The lowest BCUT2D eigenvalue weighted by Crippen LogP contribution is -2.24. The first-order valence-electron chi connectivity index (χ1n) is 6.77. The highest BCUT2D eigenvalue weighted by Gasteiger charge is 2.29. The molecule has 3 nitrogen and oxygen atoms in total. The van der Waals surface area contributed by atoms with Gasteiger partial charge in [0.05, 0.1) is 11.7 Å². The van der Waals surface area contributed by atoms with Gasteiger partial charge in [-0.1, -0.05) is 0 Å². The Bertz CT molecular complexity index is 544. The smallest absolute Gasteiger partial charge is 0.335 e. The summed E-state index contributed by atoms with van der Waals surface area (Å²) >= 11 is 1.64. The van der Waals surface area contributed by atoms with Crippen molar-refractivity contribution in [2.24, 2.45) is 0 Å². The van der Waals surface area contributed by atoms with Crippen LogP contribution in [0.2, 0.25) is 0 Å². The summed E-state index contributed by atoms with van der Waals surface area (Å²) in [5.74, 6) is -0.212. The lowest BCUT2D eigenvalue weighted by atomic mass is 9.93. The van der Waals surface area contributed by atoms with E-state index in [0.29, 0.717) is 12.0 Å². The molecule has 1 aliphatic heterocycles. The number of benzene rings is 1. The number of carboxylic acids is 1. The number of carbonyl (C=O) groups is 1. The highest BCUT2D eigenvalue weighted by atomic mass is 32.2. The lowest BCUT2D eigenvalue weighted by Gasteiger charge is -2.30. The number of aryl methyl sites for hydroxylation is 1. The molecule has 0 spiro atoms. The molecule has 0 aromatic heterocycles. The topological polar surface area (TPSA) is 46.5 Å². The van der Waals surface area contributed by atoms with Crippen LogP contribution in [0.15, 0.2) is 11.0 Å². The molecule has 1 atom stereocenters. The normalized spacial score (nSPS) is 17.9. The maximum absolute atomic E-state index is 12.7. The van der Waals surface area contributed by atoms with Gasteiger partial charge in [0.25, 0.3) is 0 Å². The Labute approximate surface area is 126 Å². The predicted molar refractivity (Wildman–Crippen MR) is 77.8 cm³/mol. The molecule has 6 heteroatoms. The Morgan fingerprint density at radius 1 is 1.48 bits per heavy atom. The van der Waals surface area contributed by atoms with Crippen molar-refractivity contribution < 1.29 is 23.4 Å². The van der Waals surface area contributed by atoms with Crippen LogP contribution in [-0.2, 0) is 4.74 Å². The van der Waals surface area contributed by atoms with E-state index in [9.17, 15) is 18.7 Å². The standard InChI is InChI=1S/C15H18F2O3S/c1-8-5-11(15(18)19)9(2)13-12(3-4-21-14(8)13)20-10(6-16)7-17/h5,10,12H,3-4,6-7H2,1-2H3,(H,18,19). The Morgan fingerprint density at radius 3 is 2.71 bits per heavy atom. The second-order valence-corrected chi connectivity index (χ2v) is 6.21. The van der Waals surface area contributed by atoms with E-state index in [2.05, 4.69) is 0 Å². The molecule has 0 fully saturated rings. The van der Waals surface area contributed by atoms with Gasteiger partial charge >= 0.3 is 5.97 Å². The van der Waals surface area contributed by atoms with Gasteiger partial charge in [0.1, 0.15) is 19.5 Å². The summed E-state index contributed by atoms with van der Waals surface area (Å²) in [6, 6.07) is 1.65. The molecule has 0 radical (unpaired) electrons. The highest BCUT2D eigenvalue weighted by molar-refractivity contribution is 7.99. The van der Waals surface area contributed by atoms with E-state index in [0.717, 1.165) is 21.8 Å². The van der Waals surface area contributed by atoms with Crippen LogP contribution in [0.25, 0.3) is 0 Å². The predicted octanol–water partition coefficient (Wildman–Crippen LogP) is 3.86. The van der Waals surface area contributed by atoms with Gasteiger partial charge < -0.3 is 9.84 Å². The molecule has 1 aromatic carbocycles. The fourth-order valence-electron chi connectivity index (χ4n) is 2.61. The van der Waals surface area contributed by atoms with Crippen molar-refractivity contribution in [3.8, 4) is 0 Å². The van der Waals surface area contributed by atoms with E-state index in [1.165, 1.54) is 0 Å². The third-order valence-electron chi connectivity index (χ3n) is 3.65. The van der Waals surface area contributed by atoms with Crippen LogP contribution in [0.4, 0.5) is 8.78 Å². The number of hydrogen-bond donors (Lipinski definition) is 1. The lowest BCUT2D eigenvalue weighted by molar-refractivity contribution is -0.0395. The zero-order valence-electron chi connectivity index (χ0n) is 12.0. The van der Waals surface area contributed by atoms with E-state index in [4.69, 9.17) is 4.74 Å². The molecular formula is C15H18F2O3S. The number of thioether (sulfide) groups is 1. The van der Waals surface area contributed by atoms with Gasteiger partial charge in [0, 0.05) is 10.6 Å². The third kappa shape index (κ3) is 3.21. The second-order valence-electron chi connectivity index (χ2n) is 5.11. The third-order valence-corrected chi connectivity index (χ3v) is 4.92. The molecule has 1 heterocycles. The molecule has 1 aromatic rings. The van der Waals surface area contributed by atoms with Crippen molar-refractivity contribution >= 4 is 17.7 Å². The van der Waals surface area contributed by atoms with E-state index in [1.807, 2.05) is 6.92 Å². The molecule has 0 saturated heterocycles. The summed E-state index contributed by atoms with van der Waals surface area (Å²) in [6.45, 7) is 1.81. The van der Waals surface area contributed by atoms with Crippen LogP contribution in [-0.4, -0.2) is 36.3 Å². The van der Waals surface area contributed by atoms with Gasteiger partial charge in [-0.2, -0.15) is 0 Å². The molecule has 2 rings (SSSR count). The van der Waals surface area contributed by atoms with E-state index in [-0.39, 0.29) is 5.56 Å². The van der Waals surface area contributed by atoms with E-state index < -0.39 is 31.5 Å². The number of carboxylic acid groups (broad SMARTS) is 1. The van der Waals surface area contributed by atoms with Crippen LogP contribution >= 0.6 is 11.8 Å². The number of hydrogen-bond acceptors (Lipinski definition) is 3. The summed E-state index contributed by atoms with van der Waals surface area (Å²) in [5.41, 5.74) is 2.48. The number of rotatable bonds is 5. The number of aromatic carboxylic acids is 1. The van der Waals surface area contributed by atoms with Gasteiger partial charge in [-0.3, -0.25) is 0 Å². The average molecular weight is 316 g/mol. The van der Waals surface area contributed by atoms with Crippen molar-refractivity contribution in [1.29, 1.82) is 0 Å². The Morgan fingerprint density at radius 2 is 2.14 bits per heavy atom. The monoisotopic (exact) mass is 316 g/mol. The molecular weight excluding hydrogens is 298 g/mol. The zero-order valence-corrected chi connectivity index (χ0v) is 12.8. The molecule has 0 saturated carbocycles. The van der Waals surface area contributed by atoms with Crippen molar-refractivity contribution in [2.75, 3.05) is 19.1 Å². The fourth-order valence-corrected chi connectivity index (χ4v) is 3.88. The first-order valence-corrected chi connectivity index (χ1v) is 7.75. The Hall–Kier alpha value is -1.14. The van der Waals surface area contributed by atoms with Crippen molar-refractivity contribution in [2.45, 2.75) is 37.4 Å². The molecule has 1 aliphatic rings. The summed E-state index contributed by atoms with van der Waals surface area (Å²) in [5, 5.41) is 9.28. The molecule has 0 aliphatic carbocycles. The zero-order chi connectivity index (χ0) is 15.6. The highest BCUT2D eigenvalue weighted by Crippen LogP contribution is 2.43. The van der Waals surface area contributed by atoms with Crippen LogP contribution in [0.1, 0.15) is 39.6 Å². The molecule has 0 amide bonds. The first kappa shape index (κ1) is 16.2. The molecule has 0 bridgehead atoms. The van der Waals surface area contributed by atoms with Gasteiger partial charge in [-0.05, 0) is 43.0 Å². The Kier molecular flexibility index (Phi) is 5.22. The number of ether oxygens (including phenoxy) is 1. The largest absolute Gasteiger partial charge is 0.478 e. The molecule has 1 unspecified atom stereocenters. The van der Waals surface area contributed by atoms with Crippen molar-refractivity contribution in [3.63, 3.8) is 0 Å². The van der Waals surface area contributed by atoms with Crippen LogP contribution in [0.3, 0.4) is 0 Å². The van der Waals surface area contributed by atoms with Gasteiger partial charge in [0.2, 0.25) is 0 Å². The maximum atomic E-state index is 12.7. The Balaban J connectivity index is 2.47. The van der Waals surface area contributed by atoms with Crippen LogP contribution in [0, 0.1) is 13.8 Å². The van der Waals surface area contributed by atoms with E-state index >= 15 is 0 Å². The number of alkyl halides is 2. The fraction of sp³-hybridized carbons (Fsp3) is 0.533. The van der Waals surface area contributed by atoms with Gasteiger partial charge in [-0.25, -0.2) is 13.6 Å². The minimum atomic E-state index is -1.08. The molecule has 1 N–H and O–H groups in total. The molecule has 116 valence electrons. The van der Waals surface area contributed by atoms with Crippen LogP contribution in [0.5, 0.6) is 0 Å². The summed E-state index contributed by atoms with van der Waals surface area (Å²) in [7, 11) is 0. The average Bonchev–Trinajstić information content (AvgIpc) is 2.47. The molecule has 21 heavy (non-hydrogen) atoms. The van der Waals surface area contributed by atoms with Crippen molar-refractivity contribution in [1.82, 2.24) is 0 Å². The first-order chi connectivity index (χ1) is 9.99. The second kappa shape index (κ2) is 6.75. The van der Waals surface area contributed by atoms with Gasteiger partial charge in [-0.15, -0.1) is 11.8 Å². The van der Waals surface area contributed by atoms with Gasteiger partial charge in [0.15, 0.2) is 0 Å². The summed E-state index contributed by atoms with van der Waals surface area (Å²) in [4.78, 5) is 12.3. The summed E-state index contributed by atoms with van der Waals surface area (Å²) < 4.78 is 31.0. The van der Waals surface area contributed by atoms with E-state index in [1.54, 1.807) is 24.8 Å². The maximum Gasteiger partial charge on any atom is 0.335 e. The SMILES string of the molecule is Cc1cc(C(=O)O)c(C)c2c1SCCC2OC(CF)CF. The quantitative estimate of drug-likeness (QED) is 0.896. The number of halogens is 2. The minimum absolute atomic E-state index is 0.222. The van der Waals surface area contributed by atoms with Crippen LogP contribution < -0.4 is 0 Å². The number of fused-ring (bicyclic) bond motifs is 1. The summed E-state index contributed by atoms with van der Waals surface area (Å²) in [6.07, 6.45) is -0.910. The van der Waals surface area contributed by atoms with Crippen molar-refractivity contribution in [3.05, 3.63) is 28.3 Å².